The quantitative estimate of drug-likeness (QED) is 0.810. The fourth-order valence-electron chi connectivity index (χ4n) is 2.28. The predicted molar refractivity (Wildman–Crippen MR) is 86.5 cm³/mol. The highest BCUT2D eigenvalue weighted by molar-refractivity contribution is 7.98. The Morgan fingerprint density at radius 1 is 1.29 bits per heavy atom. The molecule has 2 unspecified atom stereocenters. The van der Waals surface area contributed by atoms with Crippen molar-refractivity contribution in [1.29, 1.82) is 0 Å². The minimum absolute atomic E-state index is 0.0190. The van der Waals surface area contributed by atoms with Crippen molar-refractivity contribution in [2.75, 3.05) is 0 Å². The zero-order valence-corrected chi connectivity index (χ0v) is 14.0. The second-order valence-electron chi connectivity index (χ2n) is 5.40. The highest BCUT2D eigenvalue weighted by atomic mass is 35.5. The standard InChI is InChI=1S/C15H20ClN3OS/c1-9(2)14(10(3)17)15-18-13(19-20-15)8-21-12-7-5-4-6-11(12)16/h4-7,9-10,14H,8,17H2,1-3H3. The number of hydrogen-bond donors (Lipinski definition) is 1. The second-order valence-corrected chi connectivity index (χ2v) is 6.82. The van der Waals surface area contributed by atoms with Gasteiger partial charge in [0.25, 0.3) is 0 Å². The Hall–Kier alpha value is -1.04. The summed E-state index contributed by atoms with van der Waals surface area (Å²) in [6.07, 6.45) is 0. The summed E-state index contributed by atoms with van der Waals surface area (Å²) < 4.78 is 5.38. The van der Waals surface area contributed by atoms with Gasteiger partial charge in [-0.3, -0.25) is 0 Å². The van der Waals surface area contributed by atoms with E-state index in [2.05, 4.69) is 24.0 Å². The first-order valence-electron chi connectivity index (χ1n) is 6.94. The predicted octanol–water partition coefficient (Wildman–Crippen LogP) is 4.10. The van der Waals surface area contributed by atoms with Crippen molar-refractivity contribution < 1.29 is 4.52 Å². The van der Waals surface area contributed by atoms with Crippen molar-refractivity contribution in [3.05, 3.63) is 41.0 Å². The summed E-state index contributed by atoms with van der Waals surface area (Å²) in [4.78, 5) is 5.49. The van der Waals surface area contributed by atoms with Crippen LogP contribution in [0, 0.1) is 5.92 Å². The van der Waals surface area contributed by atoms with Crippen LogP contribution in [0.3, 0.4) is 0 Å². The van der Waals surface area contributed by atoms with Crippen LogP contribution in [-0.4, -0.2) is 16.2 Å². The SMILES string of the molecule is CC(C)C(c1nc(CSc2ccccc2Cl)no1)C(C)N. The maximum atomic E-state index is 6.13. The molecule has 2 N–H and O–H groups in total. The molecule has 0 aliphatic carbocycles. The van der Waals surface area contributed by atoms with Gasteiger partial charge < -0.3 is 10.3 Å². The summed E-state index contributed by atoms with van der Waals surface area (Å²) >= 11 is 7.72. The molecule has 0 amide bonds. The topological polar surface area (TPSA) is 64.9 Å². The molecule has 6 heteroatoms. The molecule has 0 spiro atoms. The third-order valence-electron chi connectivity index (χ3n) is 3.25. The lowest BCUT2D eigenvalue weighted by atomic mass is 9.90. The highest BCUT2D eigenvalue weighted by Crippen LogP contribution is 2.30. The van der Waals surface area contributed by atoms with E-state index in [-0.39, 0.29) is 12.0 Å². The summed E-state index contributed by atoms with van der Waals surface area (Å²) in [6, 6.07) is 7.70. The monoisotopic (exact) mass is 325 g/mol. The third kappa shape index (κ3) is 4.22. The molecule has 0 aliphatic heterocycles. The molecule has 2 aromatic rings. The molecule has 4 nitrogen and oxygen atoms in total. The van der Waals surface area contributed by atoms with Gasteiger partial charge in [0.15, 0.2) is 5.82 Å². The molecule has 0 aliphatic rings. The van der Waals surface area contributed by atoms with E-state index in [0.717, 1.165) is 9.92 Å². The second kappa shape index (κ2) is 7.29. The number of hydrogen-bond acceptors (Lipinski definition) is 5. The van der Waals surface area contributed by atoms with Crippen molar-refractivity contribution in [2.24, 2.45) is 11.7 Å². The van der Waals surface area contributed by atoms with E-state index in [1.54, 1.807) is 11.8 Å². The van der Waals surface area contributed by atoms with Crippen LogP contribution in [0.4, 0.5) is 0 Å². The largest absolute Gasteiger partial charge is 0.339 e. The molecule has 2 rings (SSSR count). The van der Waals surface area contributed by atoms with Crippen LogP contribution in [0.25, 0.3) is 0 Å². The Morgan fingerprint density at radius 3 is 2.62 bits per heavy atom. The molecule has 1 heterocycles. The van der Waals surface area contributed by atoms with Gasteiger partial charge in [0.05, 0.1) is 16.7 Å². The molecule has 0 fully saturated rings. The molecule has 2 atom stereocenters. The molecule has 114 valence electrons. The van der Waals surface area contributed by atoms with Gasteiger partial charge in [-0.2, -0.15) is 4.98 Å². The van der Waals surface area contributed by atoms with Crippen molar-refractivity contribution in [3.63, 3.8) is 0 Å². The van der Waals surface area contributed by atoms with E-state index in [0.29, 0.717) is 23.4 Å². The number of benzene rings is 1. The fourth-order valence-corrected chi connectivity index (χ4v) is 3.36. The van der Waals surface area contributed by atoms with E-state index in [9.17, 15) is 0 Å². The average Bonchev–Trinajstić information content (AvgIpc) is 2.85. The number of halogens is 1. The minimum Gasteiger partial charge on any atom is -0.339 e. The van der Waals surface area contributed by atoms with E-state index < -0.39 is 0 Å². The van der Waals surface area contributed by atoms with E-state index in [4.69, 9.17) is 21.9 Å². The van der Waals surface area contributed by atoms with E-state index in [1.165, 1.54) is 0 Å². The van der Waals surface area contributed by atoms with Gasteiger partial charge in [0.1, 0.15) is 0 Å². The molecule has 0 saturated carbocycles. The van der Waals surface area contributed by atoms with E-state index >= 15 is 0 Å². The number of nitrogens with zero attached hydrogens (tertiary/aromatic N) is 2. The van der Waals surface area contributed by atoms with Gasteiger partial charge >= 0.3 is 0 Å². The Kier molecular flexibility index (Phi) is 5.67. The molecule has 1 aromatic heterocycles. The molecular weight excluding hydrogens is 306 g/mol. The van der Waals surface area contributed by atoms with Crippen LogP contribution in [0.1, 0.15) is 38.4 Å². The van der Waals surface area contributed by atoms with Gasteiger partial charge in [0.2, 0.25) is 5.89 Å². The van der Waals surface area contributed by atoms with Gasteiger partial charge in [-0.25, -0.2) is 0 Å². The smallest absolute Gasteiger partial charge is 0.231 e. The highest BCUT2D eigenvalue weighted by Gasteiger charge is 2.26. The summed E-state index contributed by atoms with van der Waals surface area (Å²) in [6.45, 7) is 6.18. The van der Waals surface area contributed by atoms with Gasteiger partial charge in [-0.05, 0) is 25.0 Å². The zero-order valence-electron chi connectivity index (χ0n) is 12.4. The van der Waals surface area contributed by atoms with Crippen LogP contribution >= 0.6 is 23.4 Å². The molecule has 1 aromatic carbocycles. The molecule has 0 radical (unpaired) electrons. The molecular formula is C15H20ClN3OS. The van der Waals surface area contributed by atoms with Crippen molar-refractivity contribution in [2.45, 2.75) is 43.4 Å². The lowest BCUT2D eigenvalue weighted by Crippen LogP contribution is -2.28. The van der Waals surface area contributed by atoms with Crippen LogP contribution < -0.4 is 5.73 Å². The van der Waals surface area contributed by atoms with Crippen LogP contribution in [0.2, 0.25) is 5.02 Å². The minimum atomic E-state index is -0.0190. The number of aromatic nitrogens is 2. The number of thioether (sulfide) groups is 1. The normalized spacial score (nSPS) is 14.4. The molecule has 0 bridgehead atoms. The van der Waals surface area contributed by atoms with Crippen LogP contribution in [0.15, 0.2) is 33.7 Å². The van der Waals surface area contributed by atoms with E-state index in [1.807, 2.05) is 31.2 Å². The lowest BCUT2D eigenvalue weighted by Gasteiger charge is -2.20. The molecule has 21 heavy (non-hydrogen) atoms. The van der Waals surface area contributed by atoms with Crippen molar-refractivity contribution in [1.82, 2.24) is 10.1 Å². The maximum absolute atomic E-state index is 6.13. The first kappa shape index (κ1) is 16.3. The number of nitrogens with two attached hydrogens (primary N) is 1. The summed E-state index contributed by atoms with van der Waals surface area (Å²) in [5.74, 6) is 2.35. The molecule has 0 saturated heterocycles. The Balaban J connectivity index is 2.05. The average molecular weight is 326 g/mol. The summed E-state index contributed by atoms with van der Waals surface area (Å²) in [7, 11) is 0. The Morgan fingerprint density at radius 2 is 2.00 bits per heavy atom. The zero-order chi connectivity index (χ0) is 15.4. The number of rotatable bonds is 6. The van der Waals surface area contributed by atoms with Crippen LogP contribution in [-0.2, 0) is 5.75 Å². The van der Waals surface area contributed by atoms with Gasteiger partial charge in [-0.15, -0.1) is 11.8 Å². The van der Waals surface area contributed by atoms with Gasteiger partial charge in [0, 0.05) is 10.9 Å². The summed E-state index contributed by atoms with van der Waals surface area (Å²) in [5.41, 5.74) is 6.01. The first-order valence-corrected chi connectivity index (χ1v) is 8.30. The third-order valence-corrected chi connectivity index (χ3v) is 4.76. The fraction of sp³-hybridized carbons (Fsp3) is 0.467. The summed E-state index contributed by atoms with van der Waals surface area (Å²) in [5, 5.41) is 4.78. The van der Waals surface area contributed by atoms with Crippen molar-refractivity contribution >= 4 is 23.4 Å². The van der Waals surface area contributed by atoms with Crippen molar-refractivity contribution in [3.8, 4) is 0 Å². The Bertz CT molecular complexity index is 578. The maximum Gasteiger partial charge on any atom is 0.231 e. The van der Waals surface area contributed by atoms with Gasteiger partial charge in [-0.1, -0.05) is 42.7 Å². The first-order chi connectivity index (χ1) is 9.99. The Labute approximate surface area is 134 Å². The van der Waals surface area contributed by atoms with Crippen LogP contribution in [0.5, 0.6) is 0 Å². The lowest BCUT2D eigenvalue weighted by molar-refractivity contribution is 0.299.